The van der Waals surface area contributed by atoms with Crippen LogP contribution in [0.15, 0.2) is 42.5 Å². The number of carbonyl (C=O) groups excluding carboxylic acids is 1. The molecule has 32 heavy (non-hydrogen) atoms. The third-order valence-corrected chi connectivity index (χ3v) is 6.51. The molecule has 2 heterocycles. The summed E-state index contributed by atoms with van der Waals surface area (Å²) in [7, 11) is 3.16. The number of carbonyl (C=O) groups is 1. The van der Waals surface area contributed by atoms with Gasteiger partial charge in [0.25, 0.3) is 5.91 Å². The maximum Gasteiger partial charge on any atom is 0.257 e. The molecule has 0 saturated carbocycles. The van der Waals surface area contributed by atoms with Crippen molar-refractivity contribution >= 4 is 5.91 Å². The zero-order valence-electron chi connectivity index (χ0n) is 18.8. The van der Waals surface area contributed by atoms with Gasteiger partial charge in [-0.25, -0.2) is 4.39 Å². The van der Waals surface area contributed by atoms with E-state index in [2.05, 4.69) is 4.90 Å². The number of piperidine rings is 2. The molecule has 0 aromatic heterocycles. The largest absolute Gasteiger partial charge is 0.497 e. The van der Waals surface area contributed by atoms with Crippen molar-refractivity contribution in [1.82, 2.24) is 9.80 Å². The molecule has 0 bridgehead atoms. The average molecular weight is 443 g/mol. The summed E-state index contributed by atoms with van der Waals surface area (Å²) in [5, 5.41) is 0. The van der Waals surface area contributed by atoms with Crippen molar-refractivity contribution in [1.29, 1.82) is 0 Å². The molecule has 4 rings (SSSR count). The van der Waals surface area contributed by atoms with E-state index >= 15 is 0 Å². The Bertz CT molecular complexity index is 922. The molecule has 6 nitrogen and oxygen atoms in total. The van der Waals surface area contributed by atoms with Gasteiger partial charge in [-0.1, -0.05) is 12.1 Å². The van der Waals surface area contributed by atoms with Crippen LogP contribution in [0.5, 0.6) is 17.2 Å². The summed E-state index contributed by atoms with van der Waals surface area (Å²) < 4.78 is 30.4. The minimum atomic E-state index is -0.305. The van der Waals surface area contributed by atoms with Gasteiger partial charge in [-0.15, -0.1) is 0 Å². The van der Waals surface area contributed by atoms with Crippen molar-refractivity contribution < 1.29 is 23.4 Å². The van der Waals surface area contributed by atoms with Crippen LogP contribution in [0.4, 0.5) is 4.39 Å². The molecule has 2 fully saturated rings. The summed E-state index contributed by atoms with van der Waals surface area (Å²) in [4.78, 5) is 17.5. The first kappa shape index (κ1) is 22.4. The van der Waals surface area contributed by atoms with E-state index in [-0.39, 0.29) is 17.8 Å². The second-order valence-corrected chi connectivity index (χ2v) is 8.37. The average Bonchev–Trinajstić information content (AvgIpc) is 2.85. The summed E-state index contributed by atoms with van der Waals surface area (Å²) in [5.41, 5.74) is 0.567. The Labute approximate surface area is 188 Å². The van der Waals surface area contributed by atoms with Crippen LogP contribution < -0.4 is 14.2 Å². The van der Waals surface area contributed by atoms with Gasteiger partial charge in [0.1, 0.15) is 17.6 Å². The summed E-state index contributed by atoms with van der Waals surface area (Å²) in [6, 6.07) is 12.4. The SMILES string of the molecule is COc1ccc(C(=O)N2CCC(N3CCC(Oc4ccccc4F)CC3)CC2)c(OC)c1. The fourth-order valence-corrected chi connectivity index (χ4v) is 4.66. The van der Waals surface area contributed by atoms with Crippen LogP contribution >= 0.6 is 0 Å². The van der Waals surface area contributed by atoms with Crippen molar-refractivity contribution in [2.75, 3.05) is 40.4 Å². The highest BCUT2D eigenvalue weighted by atomic mass is 19.1. The van der Waals surface area contributed by atoms with E-state index in [9.17, 15) is 9.18 Å². The van der Waals surface area contributed by atoms with Crippen LogP contribution in [-0.4, -0.2) is 68.3 Å². The molecule has 0 radical (unpaired) electrons. The number of benzene rings is 2. The lowest BCUT2D eigenvalue weighted by Gasteiger charge is -2.41. The summed E-state index contributed by atoms with van der Waals surface area (Å²) >= 11 is 0. The number of ether oxygens (including phenoxy) is 3. The van der Waals surface area contributed by atoms with Crippen LogP contribution in [0, 0.1) is 5.82 Å². The van der Waals surface area contributed by atoms with E-state index in [1.807, 2.05) is 4.90 Å². The predicted octanol–water partition coefficient (Wildman–Crippen LogP) is 3.99. The predicted molar refractivity (Wildman–Crippen MR) is 120 cm³/mol. The van der Waals surface area contributed by atoms with E-state index in [0.29, 0.717) is 28.9 Å². The minimum Gasteiger partial charge on any atom is -0.497 e. The van der Waals surface area contributed by atoms with Crippen LogP contribution in [-0.2, 0) is 0 Å². The number of amides is 1. The van der Waals surface area contributed by atoms with Crippen molar-refractivity contribution in [2.45, 2.75) is 37.8 Å². The Kier molecular flexibility index (Phi) is 7.15. The Morgan fingerprint density at radius 1 is 0.906 bits per heavy atom. The molecular formula is C25H31FN2O4. The topological polar surface area (TPSA) is 51.2 Å². The van der Waals surface area contributed by atoms with Crippen LogP contribution in [0.3, 0.4) is 0 Å². The number of methoxy groups -OCH3 is 2. The quantitative estimate of drug-likeness (QED) is 0.677. The second-order valence-electron chi connectivity index (χ2n) is 8.37. The van der Waals surface area contributed by atoms with Crippen LogP contribution in [0.2, 0.25) is 0 Å². The molecule has 2 aromatic rings. The molecule has 0 N–H and O–H groups in total. The molecule has 172 valence electrons. The van der Waals surface area contributed by atoms with Gasteiger partial charge in [0.15, 0.2) is 11.6 Å². The maximum atomic E-state index is 13.8. The van der Waals surface area contributed by atoms with Gasteiger partial charge < -0.3 is 19.1 Å². The highest BCUT2D eigenvalue weighted by Gasteiger charge is 2.31. The number of likely N-dealkylation sites (tertiary alicyclic amines) is 2. The van der Waals surface area contributed by atoms with Crippen molar-refractivity contribution in [3.05, 3.63) is 53.8 Å². The highest BCUT2D eigenvalue weighted by Crippen LogP contribution is 2.29. The minimum absolute atomic E-state index is 0.0000472. The molecule has 7 heteroatoms. The molecular weight excluding hydrogens is 411 g/mol. The third-order valence-electron chi connectivity index (χ3n) is 6.51. The Morgan fingerprint density at radius 2 is 1.62 bits per heavy atom. The normalized spacial score (nSPS) is 18.4. The first-order chi connectivity index (χ1) is 15.6. The first-order valence-corrected chi connectivity index (χ1v) is 11.3. The van der Waals surface area contributed by atoms with Gasteiger partial charge >= 0.3 is 0 Å². The van der Waals surface area contributed by atoms with Crippen LogP contribution in [0.1, 0.15) is 36.0 Å². The molecule has 0 atom stereocenters. The molecule has 2 aliphatic heterocycles. The fourth-order valence-electron chi connectivity index (χ4n) is 4.66. The van der Waals surface area contributed by atoms with Crippen molar-refractivity contribution in [3.8, 4) is 17.2 Å². The van der Waals surface area contributed by atoms with Gasteiger partial charge in [-0.3, -0.25) is 9.69 Å². The molecule has 2 aliphatic rings. The Hall–Kier alpha value is -2.80. The maximum absolute atomic E-state index is 13.8. The fraction of sp³-hybridized carbons (Fsp3) is 0.480. The zero-order valence-corrected chi connectivity index (χ0v) is 18.8. The molecule has 0 spiro atoms. The van der Waals surface area contributed by atoms with Crippen LogP contribution in [0.25, 0.3) is 0 Å². The smallest absolute Gasteiger partial charge is 0.257 e. The Balaban J connectivity index is 1.27. The zero-order chi connectivity index (χ0) is 22.5. The lowest BCUT2D eigenvalue weighted by Crippen LogP contribution is -2.50. The van der Waals surface area contributed by atoms with Gasteiger partial charge in [-0.05, 0) is 49.9 Å². The number of nitrogens with zero attached hydrogens (tertiary/aromatic N) is 2. The number of hydrogen-bond acceptors (Lipinski definition) is 5. The second kappa shape index (κ2) is 10.2. The first-order valence-electron chi connectivity index (χ1n) is 11.3. The molecule has 0 unspecified atom stereocenters. The van der Waals surface area contributed by atoms with Gasteiger partial charge in [0, 0.05) is 38.3 Å². The van der Waals surface area contributed by atoms with Gasteiger partial charge in [0.2, 0.25) is 0 Å². The van der Waals surface area contributed by atoms with E-state index in [1.54, 1.807) is 50.6 Å². The van der Waals surface area contributed by atoms with E-state index < -0.39 is 0 Å². The van der Waals surface area contributed by atoms with E-state index in [4.69, 9.17) is 14.2 Å². The number of halogens is 1. The third kappa shape index (κ3) is 4.99. The summed E-state index contributed by atoms with van der Waals surface area (Å²) in [5.74, 6) is 1.24. The monoisotopic (exact) mass is 442 g/mol. The van der Waals surface area contributed by atoms with E-state index in [0.717, 1.165) is 51.9 Å². The lowest BCUT2D eigenvalue weighted by molar-refractivity contribution is 0.0415. The lowest BCUT2D eigenvalue weighted by atomic mass is 9.98. The number of hydrogen-bond donors (Lipinski definition) is 0. The van der Waals surface area contributed by atoms with Crippen molar-refractivity contribution in [2.24, 2.45) is 0 Å². The Morgan fingerprint density at radius 3 is 2.28 bits per heavy atom. The van der Waals surface area contributed by atoms with Gasteiger partial charge in [-0.2, -0.15) is 0 Å². The highest BCUT2D eigenvalue weighted by molar-refractivity contribution is 5.97. The molecule has 0 aliphatic carbocycles. The van der Waals surface area contributed by atoms with Crippen molar-refractivity contribution in [3.63, 3.8) is 0 Å². The molecule has 1 amide bonds. The summed E-state index contributed by atoms with van der Waals surface area (Å²) in [6.07, 6.45) is 3.71. The van der Waals surface area contributed by atoms with Gasteiger partial charge in [0.05, 0.1) is 19.8 Å². The molecule has 2 aromatic carbocycles. The number of rotatable bonds is 6. The standard InChI is InChI=1S/C25H31FN2O4/c1-30-20-7-8-21(24(17-20)31-2)25(29)28-13-9-18(10-14-28)27-15-11-19(12-16-27)32-23-6-4-3-5-22(23)26/h3-8,17-19H,9-16H2,1-2H3. The number of para-hydroxylation sites is 1. The summed E-state index contributed by atoms with van der Waals surface area (Å²) in [6.45, 7) is 3.32. The van der Waals surface area contributed by atoms with E-state index in [1.165, 1.54) is 6.07 Å². The molecule has 2 saturated heterocycles.